The van der Waals surface area contributed by atoms with Crippen molar-refractivity contribution >= 4 is 35.3 Å². The first kappa shape index (κ1) is 18.8. The molecule has 0 fully saturated rings. The van der Waals surface area contributed by atoms with Crippen LogP contribution in [-0.4, -0.2) is 33.7 Å². The third-order valence-corrected chi connectivity index (χ3v) is 5.22. The lowest BCUT2D eigenvalue weighted by Gasteiger charge is -2.14. The molecule has 0 saturated heterocycles. The maximum absolute atomic E-state index is 11.8. The van der Waals surface area contributed by atoms with Gasteiger partial charge >= 0.3 is 0 Å². The second kappa shape index (κ2) is 9.73. The van der Waals surface area contributed by atoms with Crippen molar-refractivity contribution in [2.45, 2.75) is 36.5 Å². The van der Waals surface area contributed by atoms with Crippen molar-refractivity contribution in [3.05, 3.63) is 23.3 Å². The van der Waals surface area contributed by atoms with Crippen LogP contribution in [0.4, 0.5) is 0 Å². The Hall–Kier alpha value is -1.22. The van der Waals surface area contributed by atoms with Crippen molar-refractivity contribution in [3.8, 4) is 0 Å². The Labute approximate surface area is 138 Å². The molecule has 0 bridgehead atoms. The summed E-state index contributed by atoms with van der Waals surface area (Å²) in [6.45, 7) is 4.01. The average Bonchev–Trinajstić information content (AvgIpc) is 2.56. The van der Waals surface area contributed by atoms with Crippen LogP contribution in [0.25, 0.3) is 0 Å². The number of hydrogen-bond acceptors (Lipinski definition) is 6. The van der Waals surface area contributed by atoms with Gasteiger partial charge in [0.2, 0.25) is 0 Å². The summed E-state index contributed by atoms with van der Waals surface area (Å²) in [6, 6.07) is 3.16. The first-order valence-corrected chi connectivity index (χ1v) is 8.88. The molecule has 22 heavy (non-hydrogen) atoms. The molecule has 0 aromatic heterocycles. The molecule has 0 heterocycles. The summed E-state index contributed by atoms with van der Waals surface area (Å²) in [5.41, 5.74) is 3.89. The van der Waals surface area contributed by atoms with E-state index in [-0.39, 0.29) is 0 Å². The van der Waals surface area contributed by atoms with Gasteiger partial charge in [0, 0.05) is 9.79 Å². The molecular formula is C14H20N2O4S2. The fourth-order valence-electron chi connectivity index (χ4n) is 1.70. The molecule has 0 atom stereocenters. The SMILES string of the molecule is CCCSc1cc(C(=O)NO)c(SCCC)cc1C(=O)NO. The highest BCUT2D eigenvalue weighted by Gasteiger charge is 2.19. The Morgan fingerprint density at radius 1 is 0.909 bits per heavy atom. The Bertz CT molecular complexity index is 490. The van der Waals surface area contributed by atoms with Gasteiger partial charge in [-0.1, -0.05) is 13.8 Å². The zero-order chi connectivity index (χ0) is 16.5. The van der Waals surface area contributed by atoms with Crippen LogP contribution in [0.2, 0.25) is 0 Å². The van der Waals surface area contributed by atoms with Crippen LogP contribution in [0.5, 0.6) is 0 Å². The minimum absolute atomic E-state index is 0.314. The van der Waals surface area contributed by atoms with E-state index in [1.807, 2.05) is 13.8 Å². The highest BCUT2D eigenvalue weighted by atomic mass is 32.2. The molecule has 122 valence electrons. The third-order valence-electron chi connectivity index (χ3n) is 2.70. The van der Waals surface area contributed by atoms with Crippen molar-refractivity contribution in [2.75, 3.05) is 11.5 Å². The second-order valence-corrected chi connectivity index (χ2v) is 6.70. The summed E-state index contributed by atoms with van der Waals surface area (Å²) >= 11 is 2.85. The van der Waals surface area contributed by atoms with Gasteiger partial charge in [0.1, 0.15) is 0 Å². The summed E-state index contributed by atoms with van der Waals surface area (Å²) in [4.78, 5) is 24.9. The molecule has 1 rings (SSSR count). The molecule has 2 amide bonds. The molecule has 0 radical (unpaired) electrons. The first-order chi connectivity index (χ1) is 10.6. The number of carbonyl (C=O) groups is 2. The minimum atomic E-state index is -0.618. The Morgan fingerprint density at radius 2 is 1.27 bits per heavy atom. The molecule has 6 nitrogen and oxygen atoms in total. The van der Waals surface area contributed by atoms with E-state index < -0.39 is 11.8 Å². The van der Waals surface area contributed by atoms with E-state index >= 15 is 0 Å². The maximum Gasteiger partial charge on any atom is 0.275 e. The topological polar surface area (TPSA) is 98.7 Å². The normalized spacial score (nSPS) is 10.4. The maximum atomic E-state index is 11.8. The van der Waals surface area contributed by atoms with E-state index in [0.29, 0.717) is 20.9 Å². The highest BCUT2D eigenvalue weighted by Crippen LogP contribution is 2.32. The van der Waals surface area contributed by atoms with E-state index in [9.17, 15) is 9.59 Å². The molecule has 0 unspecified atom stereocenters. The summed E-state index contributed by atoms with van der Waals surface area (Å²) in [7, 11) is 0. The number of amides is 2. The molecule has 4 N–H and O–H groups in total. The lowest BCUT2D eigenvalue weighted by molar-refractivity contribution is 0.0692. The van der Waals surface area contributed by atoms with E-state index in [0.717, 1.165) is 24.3 Å². The molecule has 0 aliphatic rings. The zero-order valence-corrected chi connectivity index (χ0v) is 14.1. The van der Waals surface area contributed by atoms with Crippen molar-refractivity contribution < 1.29 is 20.0 Å². The number of hydroxylamine groups is 2. The molecule has 0 aliphatic carbocycles. The van der Waals surface area contributed by atoms with Gasteiger partial charge in [-0.3, -0.25) is 20.0 Å². The lowest BCUT2D eigenvalue weighted by Crippen LogP contribution is -2.22. The Morgan fingerprint density at radius 3 is 1.55 bits per heavy atom. The predicted octanol–water partition coefficient (Wildman–Crippen LogP) is 2.93. The van der Waals surface area contributed by atoms with Crippen molar-refractivity contribution in [2.24, 2.45) is 0 Å². The largest absolute Gasteiger partial charge is 0.288 e. The second-order valence-electron chi connectivity index (χ2n) is 4.42. The van der Waals surface area contributed by atoms with Crippen LogP contribution in [0.3, 0.4) is 0 Å². The smallest absolute Gasteiger partial charge is 0.275 e. The highest BCUT2D eigenvalue weighted by molar-refractivity contribution is 7.99. The molecule has 0 aliphatic heterocycles. The lowest BCUT2D eigenvalue weighted by atomic mass is 10.1. The predicted molar refractivity (Wildman–Crippen MR) is 87.0 cm³/mol. The van der Waals surface area contributed by atoms with Crippen LogP contribution in [0, 0.1) is 0 Å². The standard InChI is InChI=1S/C14H20N2O4S2/c1-3-5-21-11-7-10(14(18)16-20)12(22-6-4-2)8-9(11)13(17)15-19/h7-8,19-20H,3-6H2,1-2H3,(H,15,17)(H,16,18). The number of rotatable bonds is 8. The van der Waals surface area contributed by atoms with E-state index in [4.69, 9.17) is 10.4 Å². The van der Waals surface area contributed by atoms with Crippen LogP contribution in [-0.2, 0) is 0 Å². The summed E-state index contributed by atoms with van der Waals surface area (Å²) in [5.74, 6) is 0.307. The molecule has 0 spiro atoms. The Kier molecular flexibility index (Phi) is 8.32. The van der Waals surface area contributed by atoms with Crippen LogP contribution >= 0.6 is 23.5 Å². The average molecular weight is 344 g/mol. The fourth-order valence-corrected chi connectivity index (χ4v) is 3.56. The van der Waals surface area contributed by atoms with Crippen LogP contribution < -0.4 is 11.0 Å². The number of hydrogen-bond donors (Lipinski definition) is 4. The Balaban J connectivity index is 3.34. The summed E-state index contributed by atoms with van der Waals surface area (Å²) < 4.78 is 0. The van der Waals surface area contributed by atoms with Crippen molar-refractivity contribution in [1.29, 1.82) is 0 Å². The molecular weight excluding hydrogens is 324 g/mol. The van der Waals surface area contributed by atoms with Gasteiger partial charge in [-0.2, -0.15) is 0 Å². The van der Waals surface area contributed by atoms with E-state index in [1.54, 1.807) is 23.1 Å². The molecule has 0 saturated carbocycles. The minimum Gasteiger partial charge on any atom is -0.288 e. The van der Waals surface area contributed by atoms with E-state index in [1.165, 1.54) is 23.5 Å². The van der Waals surface area contributed by atoms with Crippen molar-refractivity contribution in [1.82, 2.24) is 11.0 Å². The first-order valence-electron chi connectivity index (χ1n) is 6.91. The van der Waals surface area contributed by atoms with E-state index in [2.05, 4.69) is 0 Å². The third kappa shape index (κ3) is 4.91. The van der Waals surface area contributed by atoms with Gasteiger partial charge in [0.25, 0.3) is 11.8 Å². The van der Waals surface area contributed by atoms with Gasteiger partial charge in [-0.25, -0.2) is 11.0 Å². The summed E-state index contributed by atoms with van der Waals surface area (Å²) in [5, 5.41) is 17.8. The molecule has 8 heteroatoms. The summed E-state index contributed by atoms with van der Waals surface area (Å²) in [6.07, 6.45) is 1.80. The number of thioether (sulfide) groups is 2. The van der Waals surface area contributed by atoms with Gasteiger partial charge < -0.3 is 0 Å². The van der Waals surface area contributed by atoms with Crippen LogP contribution in [0.15, 0.2) is 21.9 Å². The molecule has 1 aromatic rings. The number of nitrogens with one attached hydrogen (secondary N) is 2. The van der Waals surface area contributed by atoms with Gasteiger partial charge in [-0.05, 0) is 36.5 Å². The number of benzene rings is 1. The fraction of sp³-hybridized carbons (Fsp3) is 0.429. The van der Waals surface area contributed by atoms with Crippen LogP contribution in [0.1, 0.15) is 47.4 Å². The van der Waals surface area contributed by atoms with Gasteiger partial charge in [0.05, 0.1) is 11.1 Å². The quantitative estimate of drug-likeness (QED) is 0.329. The monoisotopic (exact) mass is 344 g/mol. The number of carbonyl (C=O) groups excluding carboxylic acids is 2. The molecule has 1 aromatic carbocycles. The zero-order valence-electron chi connectivity index (χ0n) is 12.5. The van der Waals surface area contributed by atoms with Gasteiger partial charge in [-0.15, -0.1) is 23.5 Å². The van der Waals surface area contributed by atoms with Crippen molar-refractivity contribution in [3.63, 3.8) is 0 Å². The van der Waals surface area contributed by atoms with Gasteiger partial charge in [0.15, 0.2) is 0 Å².